The molecule has 3 nitrogen and oxygen atoms in total. The standard InChI is InChI=1S/C8H8F4N2O/c9-5-1-4(3-13)2-6(14)7(5)15-8(10,11)12/h1-2H,3,13-14H2. The van der Waals surface area contributed by atoms with E-state index in [-0.39, 0.29) is 6.54 Å². The highest BCUT2D eigenvalue weighted by Crippen LogP contribution is 2.31. The smallest absolute Gasteiger partial charge is 0.400 e. The van der Waals surface area contributed by atoms with E-state index in [1.165, 1.54) is 0 Å². The number of ether oxygens (including phenoxy) is 1. The Balaban J connectivity index is 3.09. The molecular weight excluding hydrogens is 216 g/mol. The van der Waals surface area contributed by atoms with Crippen molar-refractivity contribution in [3.05, 3.63) is 23.5 Å². The molecule has 0 fully saturated rings. The number of hydrogen-bond donors (Lipinski definition) is 2. The van der Waals surface area contributed by atoms with E-state index in [1.54, 1.807) is 0 Å². The average molecular weight is 224 g/mol. The molecule has 0 bridgehead atoms. The highest BCUT2D eigenvalue weighted by atomic mass is 19.4. The van der Waals surface area contributed by atoms with Crippen molar-refractivity contribution < 1.29 is 22.3 Å². The summed E-state index contributed by atoms with van der Waals surface area (Å²) >= 11 is 0. The van der Waals surface area contributed by atoms with Crippen LogP contribution < -0.4 is 16.2 Å². The molecule has 0 unspecified atom stereocenters. The molecule has 0 saturated carbocycles. The molecule has 0 atom stereocenters. The van der Waals surface area contributed by atoms with Crippen molar-refractivity contribution in [2.24, 2.45) is 5.73 Å². The molecule has 0 saturated heterocycles. The van der Waals surface area contributed by atoms with Gasteiger partial charge >= 0.3 is 6.36 Å². The monoisotopic (exact) mass is 224 g/mol. The van der Waals surface area contributed by atoms with Gasteiger partial charge in [-0.15, -0.1) is 13.2 Å². The van der Waals surface area contributed by atoms with Gasteiger partial charge in [0.05, 0.1) is 5.69 Å². The van der Waals surface area contributed by atoms with Gasteiger partial charge in [-0.3, -0.25) is 0 Å². The minimum atomic E-state index is -4.97. The van der Waals surface area contributed by atoms with Crippen LogP contribution in [0.15, 0.2) is 12.1 Å². The average Bonchev–Trinajstić information content (AvgIpc) is 2.09. The third kappa shape index (κ3) is 2.98. The molecule has 0 aliphatic heterocycles. The maximum atomic E-state index is 13.1. The minimum Gasteiger partial charge on any atom is -0.400 e. The molecule has 1 rings (SSSR count). The summed E-state index contributed by atoms with van der Waals surface area (Å²) in [5, 5.41) is 0. The van der Waals surface area contributed by atoms with Crippen molar-refractivity contribution in [3.63, 3.8) is 0 Å². The Morgan fingerprint density at radius 2 is 1.87 bits per heavy atom. The lowest BCUT2D eigenvalue weighted by Crippen LogP contribution is -2.19. The largest absolute Gasteiger partial charge is 0.573 e. The van der Waals surface area contributed by atoms with Gasteiger partial charge in [-0.1, -0.05) is 0 Å². The first-order chi connectivity index (χ1) is 6.83. The molecule has 0 aliphatic rings. The van der Waals surface area contributed by atoms with Gasteiger partial charge in [0.1, 0.15) is 0 Å². The van der Waals surface area contributed by atoms with E-state index in [9.17, 15) is 17.6 Å². The van der Waals surface area contributed by atoms with Gasteiger partial charge in [-0.25, -0.2) is 4.39 Å². The number of anilines is 1. The van der Waals surface area contributed by atoms with E-state index >= 15 is 0 Å². The summed E-state index contributed by atoms with van der Waals surface area (Å²) in [6.07, 6.45) is -4.97. The molecule has 0 amide bonds. The van der Waals surface area contributed by atoms with Crippen molar-refractivity contribution in [1.82, 2.24) is 0 Å². The van der Waals surface area contributed by atoms with Gasteiger partial charge in [-0.2, -0.15) is 0 Å². The maximum absolute atomic E-state index is 13.1. The van der Waals surface area contributed by atoms with Crippen LogP contribution in [0.3, 0.4) is 0 Å². The highest BCUT2D eigenvalue weighted by Gasteiger charge is 2.33. The van der Waals surface area contributed by atoms with Crippen molar-refractivity contribution in [3.8, 4) is 5.75 Å². The highest BCUT2D eigenvalue weighted by molar-refractivity contribution is 5.55. The van der Waals surface area contributed by atoms with Crippen LogP contribution in [-0.4, -0.2) is 6.36 Å². The summed E-state index contributed by atoms with van der Waals surface area (Å²) in [5.41, 5.74) is 10.2. The molecule has 4 N–H and O–H groups in total. The van der Waals surface area contributed by atoms with Crippen molar-refractivity contribution in [1.29, 1.82) is 0 Å². The molecule has 15 heavy (non-hydrogen) atoms. The normalized spacial score (nSPS) is 11.5. The Morgan fingerprint density at radius 1 is 1.27 bits per heavy atom. The van der Waals surface area contributed by atoms with Gasteiger partial charge in [0, 0.05) is 6.54 Å². The lowest BCUT2D eigenvalue weighted by atomic mass is 10.2. The fourth-order valence-corrected chi connectivity index (χ4v) is 1.01. The van der Waals surface area contributed by atoms with Gasteiger partial charge in [0.25, 0.3) is 0 Å². The molecule has 1 aromatic rings. The van der Waals surface area contributed by atoms with Crippen molar-refractivity contribution in [2.45, 2.75) is 12.9 Å². The second-order valence-corrected chi connectivity index (χ2v) is 2.75. The summed E-state index contributed by atoms with van der Waals surface area (Å²) in [4.78, 5) is 0. The van der Waals surface area contributed by atoms with Gasteiger partial charge in [-0.05, 0) is 17.7 Å². The molecule has 7 heteroatoms. The van der Waals surface area contributed by atoms with Crippen LogP contribution >= 0.6 is 0 Å². The first-order valence-electron chi connectivity index (χ1n) is 3.87. The molecule has 0 aromatic heterocycles. The fraction of sp³-hybridized carbons (Fsp3) is 0.250. The van der Waals surface area contributed by atoms with Crippen LogP contribution in [0.25, 0.3) is 0 Å². The number of alkyl halides is 3. The Kier molecular flexibility index (Phi) is 3.04. The minimum absolute atomic E-state index is 0.0204. The van der Waals surface area contributed by atoms with Crippen LogP contribution in [0.1, 0.15) is 5.56 Å². The zero-order valence-electron chi connectivity index (χ0n) is 7.44. The summed E-state index contributed by atoms with van der Waals surface area (Å²) in [5.74, 6) is -2.22. The lowest BCUT2D eigenvalue weighted by molar-refractivity contribution is -0.275. The van der Waals surface area contributed by atoms with E-state index in [1.807, 2.05) is 0 Å². The van der Waals surface area contributed by atoms with Crippen LogP contribution in [0.5, 0.6) is 5.75 Å². The second-order valence-electron chi connectivity index (χ2n) is 2.75. The number of nitrogens with two attached hydrogens (primary N) is 2. The number of nitrogen functional groups attached to an aromatic ring is 1. The zero-order valence-corrected chi connectivity index (χ0v) is 7.44. The summed E-state index contributed by atoms with van der Waals surface area (Å²) < 4.78 is 51.9. The van der Waals surface area contributed by atoms with Gasteiger partial charge < -0.3 is 16.2 Å². The molecule has 0 aliphatic carbocycles. The SMILES string of the molecule is NCc1cc(N)c(OC(F)(F)F)c(F)c1. The number of halogens is 4. The fourth-order valence-electron chi connectivity index (χ4n) is 1.01. The number of benzene rings is 1. The van der Waals surface area contributed by atoms with Gasteiger partial charge in [0.15, 0.2) is 11.6 Å². The molecule has 0 heterocycles. The summed E-state index contributed by atoms with van der Waals surface area (Å²) in [6, 6.07) is 1.97. The molecule has 0 spiro atoms. The Morgan fingerprint density at radius 3 is 2.27 bits per heavy atom. The topological polar surface area (TPSA) is 61.3 Å². The predicted octanol–water partition coefficient (Wildman–Crippen LogP) is 1.77. The third-order valence-electron chi connectivity index (χ3n) is 1.59. The quantitative estimate of drug-likeness (QED) is 0.594. The molecular formula is C8H8F4N2O. The lowest BCUT2D eigenvalue weighted by Gasteiger charge is -2.12. The maximum Gasteiger partial charge on any atom is 0.573 e. The van der Waals surface area contributed by atoms with E-state index in [4.69, 9.17) is 11.5 Å². The van der Waals surface area contributed by atoms with E-state index in [0.717, 1.165) is 12.1 Å². The molecule has 84 valence electrons. The van der Waals surface area contributed by atoms with E-state index in [0.29, 0.717) is 5.56 Å². The first-order valence-corrected chi connectivity index (χ1v) is 3.87. The summed E-state index contributed by atoms with van der Waals surface area (Å²) in [7, 11) is 0. The van der Waals surface area contributed by atoms with Crippen molar-refractivity contribution in [2.75, 3.05) is 5.73 Å². The van der Waals surface area contributed by atoms with E-state index < -0.39 is 23.6 Å². The first kappa shape index (κ1) is 11.6. The second kappa shape index (κ2) is 3.93. The number of rotatable bonds is 2. The van der Waals surface area contributed by atoms with E-state index in [2.05, 4.69) is 4.74 Å². The zero-order chi connectivity index (χ0) is 11.6. The van der Waals surface area contributed by atoms with Gasteiger partial charge in [0.2, 0.25) is 0 Å². The Hall–Kier alpha value is -1.50. The predicted molar refractivity (Wildman–Crippen MR) is 45.4 cm³/mol. The third-order valence-corrected chi connectivity index (χ3v) is 1.59. The number of hydrogen-bond acceptors (Lipinski definition) is 3. The van der Waals surface area contributed by atoms with Crippen LogP contribution in [0.4, 0.5) is 23.2 Å². The van der Waals surface area contributed by atoms with Crippen LogP contribution in [-0.2, 0) is 6.54 Å². The molecule has 0 radical (unpaired) electrons. The van der Waals surface area contributed by atoms with Crippen LogP contribution in [0.2, 0.25) is 0 Å². The Labute approximate surface area is 82.6 Å². The van der Waals surface area contributed by atoms with Crippen molar-refractivity contribution >= 4 is 5.69 Å². The molecule has 1 aromatic carbocycles. The Bertz CT molecular complexity index is 341. The van der Waals surface area contributed by atoms with Crippen LogP contribution in [0, 0.1) is 5.82 Å². The summed E-state index contributed by atoms with van der Waals surface area (Å²) in [6.45, 7) is -0.0204.